The molecule has 1 fully saturated rings. The van der Waals surface area contributed by atoms with Gasteiger partial charge in [0.25, 0.3) is 0 Å². The molecule has 124 valence electrons. The van der Waals surface area contributed by atoms with Crippen LogP contribution in [0.15, 0.2) is 9.42 Å². The van der Waals surface area contributed by atoms with E-state index in [1.807, 2.05) is 0 Å². The normalized spacial score (nSPS) is 20.6. The van der Waals surface area contributed by atoms with Crippen LogP contribution < -0.4 is 15.4 Å². The first-order valence-corrected chi connectivity index (χ1v) is 8.76. The topological polar surface area (TPSA) is 113 Å². The Hall–Kier alpha value is -1.45. The molecule has 0 saturated carbocycles. The molecule has 0 aromatic carbocycles. The Labute approximate surface area is 130 Å². The highest BCUT2D eigenvalue weighted by Crippen LogP contribution is 2.18. The zero-order valence-corrected chi connectivity index (χ0v) is 13.8. The minimum Gasteiger partial charge on any atom is -0.360 e. The van der Waals surface area contributed by atoms with E-state index in [9.17, 15) is 13.2 Å². The molecule has 22 heavy (non-hydrogen) atoms. The van der Waals surface area contributed by atoms with E-state index in [-0.39, 0.29) is 28.3 Å². The molecule has 2 atom stereocenters. The predicted octanol–water partition coefficient (Wildman–Crippen LogP) is -0.174. The molecular formula is C13H22N4O4S. The van der Waals surface area contributed by atoms with Crippen molar-refractivity contribution in [3.05, 3.63) is 11.5 Å². The molecule has 1 aromatic heterocycles. The first-order valence-electron chi connectivity index (χ1n) is 7.27. The zero-order chi connectivity index (χ0) is 16.3. The molecular weight excluding hydrogens is 308 g/mol. The molecule has 3 N–H and O–H groups in total. The number of sulfonamides is 1. The highest BCUT2D eigenvalue weighted by molar-refractivity contribution is 7.89. The molecule has 2 rings (SSSR count). The van der Waals surface area contributed by atoms with E-state index in [1.54, 1.807) is 6.92 Å². The third-order valence-corrected chi connectivity index (χ3v) is 5.39. The van der Waals surface area contributed by atoms with Crippen LogP contribution in [0, 0.1) is 13.8 Å². The largest absolute Gasteiger partial charge is 0.360 e. The molecule has 1 amide bonds. The number of aromatic nitrogens is 1. The smallest absolute Gasteiger partial charge is 0.246 e. The van der Waals surface area contributed by atoms with E-state index in [1.165, 1.54) is 13.8 Å². The van der Waals surface area contributed by atoms with Crippen LogP contribution in [0.25, 0.3) is 0 Å². The van der Waals surface area contributed by atoms with Gasteiger partial charge in [0.15, 0.2) is 5.76 Å². The Bertz CT molecular complexity index is 615. The molecule has 8 nitrogen and oxygen atoms in total. The molecule has 2 unspecified atom stereocenters. The summed E-state index contributed by atoms with van der Waals surface area (Å²) in [7, 11) is -3.85. The summed E-state index contributed by atoms with van der Waals surface area (Å²) in [6.07, 6.45) is 1.88. The van der Waals surface area contributed by atoms with Gasteiger partial charge in [-0.05, 0) is 40.2 Å². The number of hydrogen-bond acceptors (Lipinski definition) is 6. The minimum atomic E-state index is -3.85. The van der Waals surface area contributed by atoms with Crippen molar-refractivity contribution in [3.63, 3.8) is 0 Å². The molecule has 0 bridgehead atoms. The second-order valence-corrected chi connectivity index (χ2v) is 7.20. The lowest BCUT2D eigenvalue weighted by Gasteiger charge is -2.25. The zero-order valence-electron chi connectivity index (χ0n) is 13.0. The van der Waals surface area contributed by atoms with Gasteiger partial charge in [-0.25, -0.2) is 8.42 Å². The Balaban J connectivity index is 2.01. The molecule has 2 heterocycles. The molecule has 0 radical (unpaired) electrons. The highest BCUT2D eigenvalue weighted by atomic mass is 32.2. The van der Waals surface area contributed by atoms with E-state index in [4.69, 9.17) is 4.52 Å². The summed E-state index contributed by atoms with van der Waals surface area (Å²) in [5.74, 6) is -0.141. The highest BCUT2D eigenvalue weighted by Gasteiger charge is 2.29. The minimum absolute atomic E-state index is 0.00789. The van der Waals surface area contributed by atoms with Gasteiger partial charge in [0.2, 0.25) is 15.9 Å². The van der Waals surface area contributed by atoms with Gasteiger partial charge in [0.1, 0.15) is 10.6 Å². The molecule has 1 saturated heterocycles. The standard InChI is InChI=1S/C13H22N4O4S/c1-8-12(10(3)21-16-8)22(19,20)17-9(2)13(18)15-11-5-4-6-14-7-11/h9,11,14,17H,4-7H2,1-3H3,(H,15,18). The molecule has 9 heteroatoms. The fourth-order valence-corrected chi connectivity index (χ4v) is 4.04. The van der Waals surface area contributed by atoms with Crippen LogP contribution in [0.5, 0.6) is 0 Å². The number of nitrogens with zero attached hydrogens (tertiary/aromatic N) is 1. The van der Waals surface area contributed by atoms with Gasteiger partial charge in [-0.2, -0.15) is 4.72 Å². The van der Waals surface area contributed by atoms with Crippen LogP contribution in [0.3, 0.4) is 0 Å². The molecule has 1 aliphatic heterocycles. The lowest BCUT2D eigenvalue weighted by atomic mass is 10.1. The predicted molar refractivity (Wildman–Crippen MR) is 79.8 cm³/mol. The lowest BCUT2D eigenvalue weighted by molar-refractivity contribution is -0.123. The Morgan fingerprint density at radius 2 is 2.18 bits per heavy atom. The third-order valence-electron chi connectivity index (χ3n) is 3.61. The Kier molecular flexibility index (Phi) is 5.20. The van der Waals surface area contributed by atoms with Crippen molar-refractivity contribution in [2.75, 3.05) is 13.1 Å². The van der Waals surface area contributed by atoms with E-state index < -0.39 is 16.1 Å². The molecule has 0 spiro atoms. The Morgan fingerprint density at radius 1 is 1.45 bits per heavy atom. The molecule has 1 aliphatic rings. The summed E-state index contributed by atoms with van der Waals surface area (Å²) in [6, 6.07) is -0.840. The van der Waals surface area contributed by atoms with Crippen molar-refractivity contribution in [3.8, 4) is 0 Å². The van der Waals surface area contributed by atoms with Crippen LogP contribution in [-0.4, -0.2) is 44.7 Å². The van der Waals surface area contributed by atoms with Crippen molar-refractivity contribution in [1.29, 1.82) is 0 Å². The van der Waals surface area contributed by atoms with Crippen molar-refractivity contribution in [1.82, 2.24) is 20.5 Å². The summed E-state index contributed by atoms with van der Waals surface area (Å²) in [6.45, 7) is 6.23. The van der Waals surface area contributed by atoms with Crippen LogP contribution >= 0.6 is 0 Å². The van der Waals surface area contributed by atoms with E-state index >= 15 is 0 Å². The lowest BCUT2D eigenvalue weighted by Crippen LogP contribution is -2.52. The maximum atomic E-state index is 12.3. The number of amides is 1. The summed E-state index contributed by atoms with van der Waals surface area (Å²) in [5.41, 5.74) is 0.272. The number of rotatable bonds is 5. The quantitative estimate of drug-likeness (QED) is 0.690. The van der Waals surface area contributed by atoms with Gasteiger partial charge >= 0.3 is 0 Å². The van der Waals surface area contributed by atoms with Gasteiger partial charge < -0.3 is 15.2 Å². The van der Waals surface area contributed by atoms with Crippen molar-refractivity contribution < 1.29 is 17.7 Å². The maximum Gasteiger partial charge on any atom is 0.246 e. The summed E-state index contributed by atoms with van der Waals surface area (Å²) < 4.78 is 31.9. The third kappa shape index (κ3) is 3.84. The summed E-state index contributed by atoms with van der Waals surface area (Å²) in [4.78, 5) is 12.1. The number of nitrogens with one attached hydrogen (secondary N) is 3. The van der Waals surface area contributed by atoms with Crippen LogP contribution in [-0.2, 0) is 14.8 Å². The van der Waals surface area contributed by atoms with E-state index in [0.29, 0.717) is 6.54 Å². The SMILES string of the molecule is Cc1noc(C)c1S(=O)(=O)NC(C)C(=O)NC1CCCNC1. The fraction of sp³-hybridized carbons (Fsp3) is 0.692. The number of carbonyl (C=O) groups is 1. The van der Waals surface area contributed by atoms with Gasteiger partial charge in [-0.1, -0.05) is 5.16 Å². The number of carbonyl (C=O) groups excluding carboxylic acids is 1. The molecule has 0 aliphatic carbocycles. The first-order chi connectivity index (χ1) is 10.3. The van der Waals surface area contributed by atoms with Crippen molar-refractivity contribution in [2.24, 2.45) is 0 Å². The van der Waals surface area contributed by atoms with Crippen LogP contribution in [0.1, 0.15) is 31.2 Å². The Morgan fingerprint density at radius 3 is 2.73 bits per heavy atom. The summed E-state index contributed by atoms with van der Waals surface area (Å²) >= 11 is 0. The van der Waals surface area contributed by atoms with Gasteiger partial charge in [0, 0.05) is 12.6 Å². The van der Waals surface area contributed by atoms with Crippen LogP contribution in [0.4, 0.5) is 0 Å². The average molecular weight is 330 g/mol. The van der Waals surface area contributed by atoms with Gasteiger partial charge in [-0.3, -0.25) is 4.79 Å². The first kappa shape index (κ1) is 16.9. The van der Waals surface area contributed by atoms with Crippen molar-refractivity contribution in [2.45, 2.75) is 50.6 Å². The average Bonchev–Trinajstić information content (AvgIpc) is 2.79. The maximum absolute atomic E-state index is 12.3. The van der Waals surface area contributed by atoms with Crippen molar-refractivity contribution >= 4 is 15.9 Å². The monoisotopic (exact) mass is 330 g/mol. The van der Waals surface area contributed by atoms with E-state index in [2.05, 4.69) is 20.5 Å². The second-order valence-electron chi connectivity index (χ2n) is 5.55. The van der Waals surface area contributed by atoms with Crippen LogP contribution in [0.2, 0.25) is 0 Å². The van der Waals surface area contributed by atoms with Gasteiger partial charge in [-0.15, -0.1) is 0 Å². The second kappa shape index (κ2) is 6.76. The van der Waals surface area contributed by atoms with E-state index in [0.717, 1.165) is 19.4 Å². The number of hydrogen-bond donors (Lipinski definition) is 3. The number of aryl methyl sites for hydroxylation is 2. The fourth-order valence-electron chi connectivity index (χ4n) is 2.50. The number of piperidine rings is 1. The van der Waals surface area contributed by atoms with Gasteiger partial charge in [0.05, 0.1) is 6.04 Å². The molecule has 1 aromatic rings. The summed E-state index contributed by atoms with van der Waals surface area (Å²) in [5, 5.41) is 9.66.